The van der Waals surface area contributed by atoms with Gasteiger partial charge in [0.1, 0.15) is 11.3 Å². The fourth-order valence-corrected chi connectivity index (χ4v) is 3.40. The van der Waals surface area contributed by atoms with Crippen LogP contribution in [0.4, 0.5) is 0 Å². The molecule has 1 amide bonds. The van der Waals surface area contributed by atoms with Crippen LogP contribution < -0.4 is 0 Å². The lowest BCUT2D eigenvalue weighted by Gasteiger charge is -2.35. The van der Waals surface area contributed by atoms with Crippen LogP contribution in [-0.4, -0.2) is 36.5 Å². The number of hydroxylamine groups is 2. The van der Waals surface area contributed by atoms with E-state index < -0.39 is 5.54 Å². The standard InChI is InChI=1S/C18H19NO4/c1-22-16-11-15(20)8-9-18(16)12-14(17(21)19(18)23-2)10-13-6-4-3-5-7-13/h3-9,11,14H,10,12H2,1-2H3/t14-,18+/m0/s1. The molecule has 5 heteroatoms. The van der Waals surface area contributed by atoms with Gasteiger partial charge >= 0.3 is 0 Å². The molecule has 5 nitrogen and oxygen atoms in total. The third-order valence-electron chi connectivity index (χ3n) is 4.42. The molecule has 1 aliphatic heterocycles. The predicted octanol–water partition coefficient (Wildman–Crippen LogP) is 2.05. The molecular formula is C18H19NO4. The van der Waals surface area contributed by atoms with Crippen LogP contribution in [0.2, 0.25) is 0 Å². The van der Waals surface area contributed by atoms with Crippen molar-refractivity contribution in [1.82, 2.24) is 5.06 Å². The summed E-state index contributed by atoms with van der Waals surface area (Å²) in [5.41, 5.74) is 0.256. The Bertz CT molecular complexity index is 680. The quantitative estimate of drug-likeness (QED) is 0.853. The summed E-state index contributed by atoms with van der Waals surface area (Å²) in [6.07, 6.45) is 5.73. The van der Waals surface area contributed by atoms with Crippen molar-refractivity contribution in [3.05, 3.63) is 59.9 Å². The molecule has 3 rings (SSSR count). The minimum absolute atomic E-state index is 0.0988. The maximum absolute atomic E-state index is 12.8. The van der Waals surface area contributed by atoms with E-state index in [9.17, 15) is 9.59 Å². The molecule has 1 aromatic carbocycles. The summed E-state index contributed by atoms with van der Waals surface area (Å²) >= 11 is 0. The zero-order chi connectivity index (χ0) is 16.4. The zero-order valence-electron chi connectivity index (χ0n) is 13.2. The molecule has 0 N–H and O–H groups in total. The van der Waals surface area contributed by atoms with E-state index in [2.05, 4.69) is 0 Å². The average Bonchev–Trinajstić information content (AvgIpc) is 2.83. The fourth-order valence-electron chi connectivity index (χ4n) is 3.40. The number of carbonyl (C=O) groups is 2. The minimum Gasteiger partial charge on any atom is -0.498 e. The van der Waals surface area contributed by atoms with E-state index in [4.69, 9.17) is 9.57 Å². The molecule has 0 saturated carbocycles. The lowest BCUT2D eigenvalue weighted by Crippen LogP contribution is -2.47. The summed E-state index contributed by atoms with van der Waals surface area (Å²) in [5, 5.41) is 1.33. The molecule has 120 valence electrons. The van der Waals surface area contributed by atoms with Gasteiger partial charge in [0.2, 0.25) is 0 Å². The van der Waals surface area contributed by atoms with Crippen molar-refractivity contribution in [2.45, 2.75) is 18.4 Å². The number of carbonyl (C=O) groups excluding carboxylic acids is 2. The van der Waals surface area contributed by atoms with Crippen LogP contribution in [0.15, 0.2) is 54.3 Å². The second kappa shape index (κ2) is 6.01. The van der Waals surface area contributed by atoms with Gasteiger partial charge in [-0.25, -0.2) is 5.06 Å². The van der Waals surface area contributed by atoms with Crippen LogP contribution in [0.25, 0.3) is 0 Å². The SMILES string of the molecule is COC1=CC(=O)C=C[C@@]12C[C@H](Cc1ccccc1)C(=O)N2OC. The normalized spacial score (nSPS) is 26.8. The van der Waals surface area contributed by atoms with Crippen molar-refractivity contribution in [2.24, 2.45) is 5.92 Å². The van der Waals surface area contributed by atoms with Crippen LogP contribution in [0.3, 0.4) is 0 Å². The summed E-state index contributed by atoms with van der Waals surface area (Å²) in [5.74, 6) is -0.0368. The Morgan fingerprint density at radius 2 is 1.96 bits per heavy atom. The second-order valence-electron chi connectivity index (χ2n) is 5.78. The topological polar surface area (TPSA) is 55.8 Å². The van der Waals surface area contributed by atoms with E-state index in [1.165, 1.54) is 31.4 Å². The van der Waals surface area contributed by atoms with Gasteiger partial charge in [-0.2, -0.15) is 0 Å². The summed E-state index contributed by atoms with van der Waals surface area (Å²) in [6, 6.07) is 9.87. The lowest BCUT2D eigenvalue weighted by molar-refractivity contribution is -0.188. The van der Waals surface area contributed by atoms with E-state index in [0.29, 0.717) is 18.6 Å². The monoisotopic (exact) mass is 313 g/mol. The Balaban J connectivity index is 1.93. The Hall–Kier alpha value is -2.40. The first-order valence-electron chi connectivity index (χ1n) is 7.52. The third kappa shape index (κ3) is 2.57. The molecule has 0 radical (unpaired) electrons. The van der Waals surface area contributed by atoms with E-state index in [1.807, 2.05) is 30.3 Å². The number of allylic oxidation sites excluding steroid dienone is 2. The van der Waals surface area contributed by atoms with E-state index >= 15 is 0 Å². The Morgan fingerprint density at radius 1 is 1.22 bits per heavy atom. The molecule has 0 unspecified atom stereocenters. The van der Waals surface area contributed by atoms with Gasteiger partial charge in [0.25, 0.3) is 5.91 Å². The number of benzene rings is 1. The molecule has 1 fully saturated rings. The Kier molecular flexibility index (Phi) is 4.05. The van der Waals surface area contributed by atoms with Gasteiger partial charge in [-0.3, -0.25) is 14.4 Å². The maximum Gasteiger partial charge on any atom is 0.250 e. The average molecular weight is 313 g/mol. The molecule has 1 heterocycles. The fraction of sp³-hybridized carbons (Fsp3) is 0.333. The molecule has 2 atom stereocenters. The smallest absolute Gasteiger partial charge is 0.250 e. The van der Waals surface area contributed by atoms with Crippen LogP contribution in [0.5, 0.6) is 0 Å². The van der Waals surface area contributed by atoms with Gasteiger partial charge in [0.05, 0.1) is 14.2 Å². The molecule has 0 bridgehead atoms. The Labute approximate surface area is 135 Å². The number of methoxy groups -OCH3 is 1. The van der Waals surface area contributed by atoms with Crippen LogP contribution in [0, 0.1) is 5.92 Å². The van der Waals surface area contributed by atoms with E-state index in [0.717, 1.165) is 5.56 Å². The first kappa shape index (κ1) is 15.5. The van der Waals surface area contributed by atoms with Gasteiger partial charge in [-0.1, -0.05) is 30.3 Å². The van der Waals surface area contributed by atoms with Crippen molar-refractivity contribution in [2.75, 3.05) is 14.2 Å². The molecular weight excluding hydrogens is 294 g/mol. The highest BCUT2D eigenvalue weighted by molar-refractivity contribution is 6.02. The van der Waals surface area contributed by atoms with Crippen LogP contribution in [-0.2, 0) is 25.6 Å². The van der Waals surface area contributed by atoms with Crippen molar-refractivity contribution in [3.63, 3.8) is 0 Å². The number of rotatable bonds is 4. The highest BCUT2D eigenvalue weighted by Gasteiger charge is 2.54. The number of ketones is 1. The molecule has 1 saturated heterocycles. The summed E-state index contributed by atoms with van der Waals surface area (Å²) in [6.45, 7) is 0. The van der Waals surface area contributed by atoms with Gasteiger partial charge in [-0.05, 0) is 30.6 Å². The molecule has 1 aliphatic carbocycles. The largest absolute Gasteiger partial charge is 0.498 e. The number of hydrogen-bond donors (Lipinski definition) is 0. The lowest BCUT2D eigenvalue weighted by atomic mass is 9.84. The van der Waals surface area contributed by atoms with Crippen molar-refractivity contribution in [1.29, 1.82) is 0 Å². The van der Waals surface area contributed by atoms with Crippen molar-refractivity contribution in [3.8, 4) is 0 Å². The first-order valence-corrected chi connectivity index (χ1v) is 7.52. The van der Waals surface area contributed by atoms with Crippen LogP contribution >= 0.6 is 0 Å². The summed E-state index contributed by atoms with van der Waals surface area (Å²) in [7, 11) is 2.96. The molecule has 1 spiro atoms. The molecule has 1 aromatic rings. The zero-order valence-corrected chi connectivity index (χ0v) is 13.2. The van der Waals surface area contributed by atoms with Gasteiger partial charge < -0.3 is 4.74 Å². The number of nitrogens with zero attached hydrogens (tertiary/aromatic N) is 1. The maximum atomic E-state index is 12.8. The summed E-state index contributed by atoms with van der Waals surface area (Å²) < 4.78 is 5.39. The van der Waals surface area contributed by atoms with E-state index in [-0.39, 0.29) is 17.6 Å². The first-order chi connectivity index (χ1) is 11.1. The predicted molar refractivity (Wildman–Crippen MR) is 84.1 cm³/mol. The highest BCUT2D eigenvalue weighted by Crippen LogP contribution is 2.43. The van der Waals surface area contributed by atoms with Crippen molar-refractivity contribution < 1.29 is 19.2 Å². The number of amides is 1. The van der Waals surface area contributed by atoms with Gasteiger partial charge in [0.15, 0.2) is 5.78 Å². The van der Waals surface area contributed by atoms with Gasteiger partial charge in [-0.15, -0.1) is 0 Å². The van der Waals surface area contributed by atoms with Crippen molar-refractivity contribution >= 4 is 11.7 Å². The highest BCUT2D eigenvalue weighted by atomic mass is 16.7. The van der Waals surface area contributed by atoms with Gasteiger partial charge in [0, 0.05) is 12.0 Å². The summed E-state index contributed by atoms with van der Waals surface area (Å²) in [4.78, 5) is 29.7. The molecule has 23 heavy (non-hydrogen) atoms. The third-order valence-corrected chi connectivity index (χ3v) is 4.42. The second-order valence-corrected chi connectivity index (χ2v) is 5.78. The Morgan fingerprint density at radius 3 is 2.61 bits per heavy atom. The molecule has 2 aliphatic rings. The molecule has 0 aromatic heterocycles. The van der Waals surface area contributed by atoms with E-state index in [1.54, 1.807) is 6.08 Å². The number of ether oxygens (including phenoxy) is 1. The minimum atomic E-state index is -0.839. The number of hydrogen-bond acceptors (Lipinski definition) is 4. The van der Waals surface area contributed by atoms with Crippen LogP contribution in [0.1, 0.15) is 12.0 Å².